The summed E-state index contributed by atoms with van der Waals surface area (Å²) in [5.74, 6) is -0.00736. The van der Waals surface area contributed by atoms with Crippen LogP contribution in [0.1, 0.15) is 44.6 Å². The summed E-state index contributed by atoms with van der Waals surface area (Å²) in [6, 6.07) is 14.1. The van der Waals surface area contributed by atoms with E-state index < -0.39 is 16.1 Å². The number of piperazine rings is 1. The molecule has 9 heteroatoms. The molecule has 1 saturated heterocycles. The van der Waals surface area contributed by atoms with Crippen molar-refractivity contribution in [1.82, 2.24) is 14.5 Å². The van der Waals surface area contributed by atoms with Crippen molar-refractivity contribution in [2.45, 2.75) is 62.4 Å². The molecule has 1 heterocycles. The van der Waals surface area contributed by atoms with Gasteiger partial charge in [0.15, 0.2) is 0 Å². The molecule has 0 aromatic heterocycles. The van der Waals surface area contributed by atoms with Crippen LogP contribution in [-0.4, -0.2) is 61.7 Å². The van der Waals surface area contributed by atoms with Crippen molar-refractivity contribution in [1.29, 1.82) is 0 Å². The van der Waals surface area contributed by atoms with Crippen LogP contribution in [0, 0.1) is 5.92 Å². The Kier molecular flexibility index (Phi) is 8.70. The van der Waals surface area contributed by atoms with Gasteiger partial charge >= 0.3 is 0 Å². The average molecular weight is 532 g/mol. The summed E-state index contributed by atoms with van der Waals surface area (Å²) in [7, 11) is -3.95. The third-order valence-electron chi connectivity index (χ3n) is 7.18. The number of carbonyl (C=O) groups excluding carboxylic acids is 2. The summed E-state index contributed by atoms with van der Waals surface area (Å²) < 4.78 is 28.9. The Morgan fingerprint density at radius 3 is 2.31 bits per heavy atom. The van der Waals surface area contributed by atoms with Crippen LogP contribution in [0.2, 0.25) is 5.02 Å². The second-order valence-electron chi connectivity index (χ2n) is 9.82. The molecule has 1 saturated carbocycles. The molecule has 0 spiro atoms. The smallest absolute Gasteiger partial charge is 0.241 e. The molecule has 0 radical (unpaired) electrons. The van der Waals surface area contributed by atoms with Crippen molar-refractivity contribution in [2.24, 2.45) is 5.92 Å². The molecule has 194 valence electrons. The number of benzene rings is 2. The summed E-state index contributed by atoms with van der Waals surface area (Å²) in [4.78, 5) is 30.4. The Labute approximate surface area is 218 Å². The van der Waals surface area contributed by atoms with E-state index in [9.17, 15) is 18.0 Å². The first-order chi connectivity index (χ1) is 17.2. The van der Waals surface area contributed by atoms with Crippen molar-refractivity contribution >= 4 is 33.4 Å². The average Bonchev–Trinajstić information content (AvgIpc) is 2.88. The Morgan fingerprint density at radius 1 is 1.00 bits per heavy atom. The van der Waals surface area contributed by atoms with E-state index in [0.717, 1.165) is 31.2 Å². The molecule has 2 amide bonds. The number of rotatable bonds is 7. The standard InChI is InChI=1S/C27H34ClN3O4S/c1-20-19-30(16-17-31(20)26(32)22-10-6-3-7-11-22)27(33)25(18-21-8-4-2-5-9-21)29-36(34,35)24-14-12-23(28)13-15-24/h2,4-5,8-9,12-15,20,22,25,29H,3,6-7,10-11,16-19H2,1H3. The molecule has 2 fully saturated rings. The normalized spacial score (nSPS) is 20.2. The maximum Gasteiger partial charge on any atom is 0.241 e. The fraction of sp³-hybridized carbons (Fsp3) is 0.481. The van der Waals surface area contributed by atoms with Crippen molar-refractivity contribution < 1.29 is 18.0 Å². The van der Waals surface area contributed by atoms with Gasteiger partial charge in [0.25, 0.3) is 0 Å². The summed E-state index contributed by atoms with van der Waals surface area (Å²) in [5, 5.41) is 0.431. The van der Waals surface area contributed by atoms with Crippen molar-refractivity contribution in [3.63, 3.8) is 0 Å². The van der Waals surface area contributed by atoms with Gasteiger partial charge in [0.05, 0.1) is 4.90 Å². The highest BCUT2D eigenvalue weighted by atomic mass is 35.5. The van der Waals surface area contributed by atoms with E-state index in [1.54, 1.807) is 4.90 Å². The predicted molar refractivity (Wildman–Crippen MR) is 140 cm³/mol. The summed E-state index contributed by atoms with van der Waals surface area (Å²) in [5.41, 5.74) is 0.855. The largest absolute Gasteiger partial charge is 0.337 e. The van der Waals surface area contributed by atoms with Crippen molar-refractivity contribution in [3.05, 3.63) is 65.2 Å². The number of hydrogen-bond acceptors (Lipinski definition) is 4. The molecule has 4 rings (SSSR count). The lowest BCUT2D eigenvalue weighted by molar-refractivity contribution is -0.146. The molecule has 2 aromatic carbocycles. The van der Waals surface area contributed by atoms with Gasteiger partial charge < -0.3 is 9.80 Å². The Morgan fingerprint density at radius 2 is 1.67 bits per heavy atom. The SMILES string of the molecule is CC1CN(C(=O)C(Cc2ccccc2)NS(=O)(=O)c2ccc(Cl)cc2)CCN1C(=O)C1CCCCC1. The van der Waals surface area contributed by atoms with Crippen LogP contribution in [0.3, 0.4) is 0 Å². The maximum atomic E-state index is 13.7. The Bertz CT molecular complexity index is 1150. The van der Waals surface area contributed by atoms with Gasteiger partial charge in [-0.15, -0.1) is 0 Å². The van der Waals surface area contributed by atoms with Crippen LogP contribution in [0.5, 0.6) is 0 Å². The fourth-order valence-corrected chi connectivity index (χ4v) is 6.50. The zero-order chi connectivity index (χ0) is 25.7. The van der Waals surface area contributed by atoms with Gasteiger partial charge in [-0.1, -0.05) is 61.2 Å². The quantitative estimate of drug-likeness (QED) is 0.587. The van der Waals surface area contributed by atoms with Gasteiger partial charge in [0.2, 0.25) is 21.8 Å². The number of carbonyl (C=O) groups is 2. The van der Waals surface area contributed by atoms with Crippen LogP contribution < -0.4 is 4.72 Å². The lowest BCUT2D eigenvalue weighted by atomic mass is 9.87. The molecule has 1 aliphatic carbocycles. The van der Waals surface area contributed by atoms with Gasteiger partial charge in [-0.3, -0.25) is 9.59 Å². The van der Waals surface area contributed by atoms with Gasteiger partial charge in [-0.05, 0) is 56.0 Å². The van der Waals surface area contributed by atoms with E-state index in [1.165, 1.54) is 30.7 Å². The minimum Gasteiger partial charge on any atom is -0.337 e. The number of halogens is 1. The monoisotopic (exact) mass is 531 g/mol. The number of nitrogens with zero attached hydrogens (tertiary/aromatic N) is 2. The molecular formula is C27H34ClN3O4S. The molecule has 2 aromatic rings. The van der Waals surface area contributed by atoms with Crippen LogP contribution >= 0.6 is 11.6 Å². The molecule has 2 atom stereocenters. The topological polar surface area (TPSA) is 86.8 Å². The number of sulfonamides is 1. The van der Waals surface area contributed by atoms with E-state index in [4.69, 9.17) is 11.6 Å². The lowest BCUT2D eigenvalue weighted by Gasteiger charge is -2.42. The van der Waals surface area contributed by atoms with Crippen molar-refractivity contribution in [2.75, 3.05) is 19.6 Å². The third-order valence-corrected chi connectivity index (χ3v) is 8.92. The van der Waals surface area contributed by atoms with Gasteiger partial charge in [-0.25, -0.2) is 8.42 Å². The Hall–Kier alpha value is -2.42. The summed E-state index contributed by atoms with van der Waals surface area (Å²) >= 11 is 5.92. The minimum absolute atomic E-state index is 0.0500. The van der Waals surface area contributed by atoms with E-state index in [-0.39, 0.29) is 35.1 Å². The molecule has 2 unspecified atom stereocenters. The first kappa shape index (κ1) is 26.6. The molecule has 36 heavy (non-hydrogen) atoms. The van der Waals surface area contributed by atoms with E-state index >= 15 is 0 Å². The Balaban J connectivity index is 1.49. The van der Waals surface area contributed by atoms with Crippen LogP contribution in [0.15, 0.2) is 59.5 Å². The first-order valence-electron chi connectivity index (χ1n) is 12.7. The van der Waals surface area contributed by atoms with E-state index in [2.05, 4.69) is 4.72 Å². The fourth-order valence-electron chi connectivity index (χ4n) is 5.19. The molecule has 1 aliphatic heterocycles. The second kappa shape index (κ2) is 11.8. The predicted octanol–water partition coefficient (Wildman–Crippen LogP) is 3.87. The summed E-state index contributed by atoms with van der Waals surface area (Å²) in [6.45, 7) is 3.19. The van der Waals surface area contributed by atoms with Crippen LogP contribution in [0.4, 0.5) is 0 Å². The number of hydrogen-bond donors (Lipinski definition) is 1. The third kappa shape index (κ3) is 6.47. The van der Waals surface area contributed by atoms with Crippen LogP contribution in [0.25, 0.3) is 0 Å². The molecular weight excluding hydrogens is 498 g/mol. The highest BCUT2D eigenvalue weighted by Crippen LogP contribution is 2.27. The lowest BCUT2D eigenvalue weighted by Crippen LogP contribution is -2.60. The number of amides is 2. The van der Waals surface area contributed by atoms with Gasteiger partial charge in [0.1, 0.15) is 6.04 Å². The number of nitrogens with one attached hydrogen (secondary N) is 1. The van der Waals surface area contributed by atoms with Crippen molar-refractivity contribution in [3.8, 4) is 0 Å². The zero-order valence-corrected chi connectivity index (χ0v) is 22.2. The molecule has 2 aliphatic rings. The van der Waals surface area contributed by atoms with Crippen LogP contribution in [-0.2, 0) is 26.0 Å². The molecule has 7 nitrogen and oxygen atoms in total. The summed E-state index contributed by atoms with van der Waals surface area (Å²) in [6.07, 6.45) is 5.49. The highest BCUT2D eigenvalue weighted by molar-refractivity contribution is 7.89. The van der Waals surface area contributed by atoms with E-state index in [1.807, 2.05) is 42.2 Å². The van der Waals surface area contributed by atoms with Gasteiger partial charge in [-0.2, -0.15) is 4.72 Å². The minimum atomic E-state index is -3.95. The molecule has 0 bridgehead atoms. The second-order valence-corrected chi connectivity index (χ2v) is 12.0. The zero-order valence-electron chi connectivity index (χ0n) is 20.6. The van der Waals surface area contributed by atoms with E-state index in [0.29, 0.717) is 24.7 Å². The highest BCUT2D eigenvalue weighted by Gasteiger charge is 2.36. The maximum absolute atomic E-state index is 13.7. The first-order valence-corrected chi connectivity index (χ1v) is 14.5. The van der Waals surface area contributed by atoms with Gasteiger partial charge in [0, 0.05) is 36.6 Å². The molecule has 1 N–H and O–H groups in total.